The number of hydrogen-bond acceptors (Lipinski definition) is 4. The maximum absolute atomic E-state index is 12.9. The van der Waals surface area contributed by atoms with Gasteiger partial charge in [0.25, 0.3) is 11.8 Å². The molecule has 2 amide bonds. The molecule has 0 aliphatic heterocycles. The van der Waals surface area contributed by atoms with Crippen LogP contribution in [0.25, 0.3) is 0 Å². The van der Waals surface area contributed by atoms with Crippen LogP contribution < -0.4 is 16.0 Å². The Morgan fingerprint density at radius 3 is 2.07 bits per heavy atom. The summed E-state index contributed by atoms with van der Waals surface area (Å²) in [7, 11) is 0. The van der Waals surface area contributed by atoms with Crippen LogP contribution in [-0.4, -0.2) is 35.4 Å². The second-order valence-electron chi connectivity index (χ2n) is 7.36. The summed E-state index contributed by atoms with van der Waals surface area (Å²) < 4.78 is 38.7. The van der Waals surface area contributed by atoms with Gasteiger partial charge in [-0.1, -0.05) is 0 Å². The van der Waals surface area contributed by atoms with Crippen LogP contribution in [0.4, 0.5) is 19.0 Å². The van der Waals surface area contributed by atoms with E-state index in [4.69, 9.17) is 0 Å². The first-order chi connectivity index (χ1) is 13.5. The lowest BCUT2D eigenvalue weighted by molar-refractivity contribution is -0.137. The largest absolute Gasteiger partial charge is 0.419 e. The summed E-state index contributed by atoms with van der Waals surface area (Å²) in [5, 5.41) is 8.00. The zero-order chi connectivity index (χ0) is 21.7. The first kappa shape index (κ1) is 22.2. The number of aromatic nitrogens is 1. The van der Waals surface area contributed by atoms with E-state index in [2.05, 4.69) is 20.9 Å². The molecule has 0 aliphatic rings. The zero-order valence-electron chi connectivity index (χ0n) is 16.4. The van der Waals surface area contributed by atoms with Crippen molar-refractivity contribution in [3.8, 4) is 0 Å². The first-order valence-corrected chi connectivity index (χ1v) is 8.94. The Morgan fingerprint density at radius 1 is 0.931 bits per heavy atom. The summed E-state index contributed by atoms with van der Waals surface area (Å²) in [6, 6.07) is 8.25. The maximum Gasteiger partial charge on any atom is 0.419 e. The van der Waals surface area contributed by atoms with Crippen molar-refractivity contribution >= 4 is 17.6 Å². The van der Waals surface area contributed by atoms with Gasteiger partial charge in [0.1, 0.15) is 5.82 Å². The number of halogens is 3. The fourth-order valence-corrected chi connectivity index (χ4v) is 2.42. The van der Waals surface area contributed by atoms with E-state index in [1.165, 1.54) is 36.5 Å². The van der Waals surface area contributed by atoms with Gasteiger partial charge in [0, 0.05) is 36.0 Å². The van der Waals surface area contributed by atoms with Gasteiger partial charge >= 0.3 is 6.18 Å². The number of anilines is 1. The minimum atomic E-state index is -4.51. The van der Waals surface area contributed by atoms with Crippen molar-refractivity contribution < 1.29 is 22.8 Å². The van der Waals surface area contributed by atoms with E-state index >= 15 is 0 Å². The second-order valence-corrected chi connectivity index (χ2v) is 7.36. The molecule has 29 heavy (non-hydrogen) atoms. The highest BCUT2D eigenvalue weighted by Crippen LogP contribution is 2.33. The molecule has 1 heterocycles. The van der Waals surface area contributed by atoms with Crippen molar-refractivity contribution in [1.29, 1.82) is 0 Å². The van der Waals surface area contributed by atoms with E-state index in [0.717, 1.165) is 6.07 Å². The topological polar surface area (TPSA) is 83.1 Å². The standard InChI is InChI=1S/C20H23F3N4O2/c1-19(2,3)27-18(29)14-8-6-13(7-9-14)17(28)26-12-11-25-16-15(20(21,22)23)5-4-10-24-16/h4-10H,11-12H2,1-3H3,(H,24,25)(H,26,28)(H,27,29). The predicted octanol–water partition coefficient (Wildman–Crippen LogP) is 3.47. The quantitative estimate of drug-likeness (QED) is 0.639. The van der Waals surface area contributed by atoms with Gasteiger partial charge in [0.15, 0.2) is 0 Å². The fourth-order valence-electron chi connectivity index (χ4n) is 2.42. The number of hydrogen-bond donors (Lipinski definition) is 3. The highest BCUT2D eigenvalue weighted by atomic mass is 19.4. The number of alkyl halides is 3. The van der Waals surface area contributed by atoms with Gasteiger partial charge in [0.05, 0.1) is 5.56 Å². The molecule has 6 nitrogen and oxygen atoms in total. The van der Waals surface area contributed by atoms with Crippen molar-refractivity contribution in [1.82, 2.24) is 15.6 Å². The summed E-state index contributed by atoms with van der Waals surface area (Å²) >= 11 is 0. The van der Waals surface area contributed by atoms with Crippen LogP contribution in [0, 0.1) is 0 Å². The lowest BCUT2D eigenvalue weighted by Gasteiger charge is -2.20. The van der Waals surface area contributed by atoms with E-state index in [1.54, 1.807) is 0 Å². The van der Waals surface area contributed by atoms with Crippen LogP contribution in [0.1, 0.15) is 47.1 Å². The molecule has 3 N–H and O–H groups in total. The monoisotopic (exact) mass is 408 g/mol. The predicted molar refractivity (Wildman–Crippen MR) is 104 cm³/mol. The normalized spacial score (nSPS) is 11.7. The van der Waals surface area contributed by atoms with Gasteiger partial charge < -0.3 is 16.0 Å². The van der Waals surface area contributed by atoms with Crippen LogP contribution in [0.15, 0.2) is 42.6 Å². The molecule has 0 atom stereocenters. The molecule has 0 unspecified atom stereocenters. The number of nitrogens with one attached hydrogen (secondary N) is 3. The summed E-state index contributed by atoms with van der Waals surface area (Å²) in [5.74, 6) is -0.931. The number of benzene rings is 1. The van der Waals surface area contributed by atoms with Crippen molar-refractivity contribution in [3.05, 3.63) is 59.3 Å². The van der Waals surface area contributed by atoms with E-state index in [-0.39, 0.29) is 30.4 Å². The summed E-state index contributed by atoms with van der Waals surface area (Å²) in [6.07, 6.45) is -3.26. The zero-order valence-corrected chi connectivity index (χ0v) is 16.4. The number of pyridine rings is 1. The van der Waals surface area contributed by atoms with Gasteiger partial charge in [0.2, 0.25) is 0 Å². The third-order valence-electron chi connectivity index (χ3n) is 3.71. The highest BCUT2D eigenvalue weighted by molar-refractivity contribution is 5.98. The lowest BCUT2D eigenvalue weighted by Crippen LogP contribution is -2.40. The molecular weight excluding hydrogens is 385 g/mol. The molecule has 0 radical (unpaired) electrons. The van der Waals surface area contributed by atoms with Crippen LogP contribution in [-0.2, 0) is 6.18 Å². The Bertz CT molecular complexity index is 859. The number of rotatable bonds is 6. The molecule has 0 spiro atoms. The Labute approximate surface area is 166 Å². The molecule has 0 aliphatic carbocycles. The van der Waals surface area contributed by atoms with Crippen molar-refractivity contribution in [2.24, 2.45) is 0 Å². The third-order valence-corrected chi connectivity index (χ3v) is 3.71. The number of carbonyl (C=O) groups is 2. The average molecular weight is 408 g/mol. The Kier molecular flexibility index (Phi) is 6.84. The van der Waals surface area contributed by atoms with Crippen molar-refractivity contribution in [2.45, 2.75) is 32.5 Å². The molecule has 9 heteroatoms. The van der Waals surface area contributed by atoms with Gasteiger partial charge in [-0.25, -0.2) is 4.98 Å². The second kappa shape index (κ2) is 8.93. The molecule has 0 bridgehead atoms. The minimum Gasteiger partial charge on any atom is -0.368 e. The van der Waals surface area contributed by atoms with Gasteiger partial charge in [-0.15, -0.1) is 0 Å². The first-order valence-electron chi connectivity index (χ1n) is 8.94. The fraction of sp³-hybridized carbons (Fsp3) is 0.350. The van der Waals surface area contributed by atoms with Crippen LogP contribution in [0.5, 0.6) is 0 Å². The molecular formula is C20H23F3N4O2. The number of nitrogens with zero attached hydrogens (tertiary/aromatic N) is 1. The Morgan fingerprint density at radius 2 is 1.52 bits per heavy atom. The van der Waals surface area contributed by atoms with Crippen LogP contribution in [0.2, 0.25) is 0 Å². The highest BCUT2D eigenvalue weighted by Gasteiger charge is 2.33. The molecule has 2 rings (SSSR count). The summed E-state index contributed by atoms with van der Waals surface area (Å²) in [6.45, 7) is 5.76. The average Bonchev–Trinajstić information content (AvgIpc) is 2.63. The minimum absolute atomic E-state index is 0.0674. The third kappa shape index (κ3) is 6.78. The van der Waals surface area contributed by atoms with Gasteiger partial charge in [-0.2, -0.15) is 13.2 Å². The Balaban J connectivity index is 1.87. The number of carbonyl (C=O) groups excluding carboxylic acids is 2. The van der Waals surface area contributed by atoms with E-state index < -0.39 is 17.6 Å². The Hall–Kier alpha value is -3.10. The van der Waals surface area contributed by atoms with Gasteiger partial charge in [-0.3, -0.25) is 9.59 Å². The summed E-state index contributed by atoms with van der Waals surface area (Å²) in [5.41, 5.74) is -0.478. The molecule has 1 aromatic carbocycles. The molecule has 2 aromatic rings. The molecule has 0 saturated carbocycles. The SMILES string of the molecule is CC(C)(C)NC(=O)c1ccc(C(=O)NCCNc2ncccc2C(F)(F)F)cc1. The van der Waals surface area contributed by atoms with Crippen molar-refractivity contribution in [2.75, 3.05) is 18.4 Å². The lowest BCUT2D eigenvalue weighted by atomic mass is 10.1. The van der Waals surface area contributed by atoms with E-state index in [1.807, 2.05) is 20.8 Å². The van der Waals surface area contributed by atoms with Crippen LogP contribution in [0.3, 0.4) is 0 Å². The van der Waals surface area contributed by atoms with Crippen LogP contribution >= 0.6 is 0 Å². The molecule has 156 valence electrons. The molecule has 1 aromatic heterocycles. The van der Waals surface area contributed by atoms with E-state index in [0.29, 0.717) is 11.1 Å². The van der Waals surface area contributed by atoms with Crippen molar-refractivity contribution in [3.63, 3.8) is 0 Å². The smallest absolute Gasteiger partial charge is 0.368 e. The maximum atomic E-state index is 12.9. The number of amides is 2. The molecule has 0 saturated heterocycles. The molecule has 0 fully saturated rings. The van der Waals surface area contributed by atoms with E-state index in [9.17, 15) is 22.8 Å². The van der Waals surface area contributed by atoms with Gasteiger partial charge in [-0.05, 0) is 57.2 Å². The summed E-state index contributed by atoms with van der Waals surface area (Å²) in [4.78, 5) is 27.9.